The quantitative estimate of drug-likeness (QED) is 0.837. The van der Waals surface area contributed by atoms with Crippen molar-refractivity contribution in [3.05, 3.63) is 29.3 Å². The van der Waals surface area contributed by atoms with E-state index in [9.17, 15) is 9.59 Å². The molecule has 1 fully saturated rings. The molecular weight excluding hydrogens is 306 g/mol. The van der Waals surface area contributed by atoms with Crippen molar-refractivity contribution in [1.29, 1.82) is 0 Å². The lowest BCUT2D eigenvalue weighted by Gasteiger charge is -2.19. The van der Waals surface area contributed by atoms with Crippen molar-refractivity contribution in [2.45, 2.75) is 45.2 Å². The van der Waals surface area contributed by atoms with Gasteiger partial charge in [-0.1, -0.05) is 30.5 Å². The summed E-state index contributed by atoms with van der Waals surface area (Å²) >= 11 is 0. The molecule has 1 aliphatic rings. The molecule has 0 aromatic heterocycles. The number of likely N-dealkylation sites (N-methyl/N-ethyl adjacent to an activating group) is 1. The van der Waals surface area contributed by atoms with Crippen LogP contribution in [0.5, 0.6) is 5.75 Å². The van der Waals surface area contributed by atoms with Gasteiger partial charge in [0, 0.05) is 18.2 Å². The molecule has 0 aliphatic heterocycles. The monoisotopic (exact) mass is 333 g/mol. The maximum absolute atomic E-state index is 12.0. The molecule has 0 radical (unpaired) electrons. The number of amides is 3. The largest absolute Gasteiger partial charge is 0.496 e. The maximum Gasteiger partial charge on any atom is 0.321 e. The first-order chi connectivity index (χ1) is 11.5. The number of aryl methyl sites for hydroxylation is 1. The van der Waals surface area contributed by atoms with Gasteiger partial charge in [-0.2, -0.15) is 0 Å². The minimum Gasteiger partial charge on any atom is -0.496 e. The van der Waals surface area contributed by atoms with Crippen molar-refractivity contribution in [3.8, 4) is 5.75 Å². The minimum atomic E-state index is -0.395. The second-order valence-electron chi connectivity index (χ2n) is 6.49. The maximum atomic E-state index is 12.0. The van der Waals surface area contributed by atoms with Gasteiger partial charge in [0.2, 0.25) is 5.91 Å². The second-order valence-corrected chi connectivity index (χ2v) is 6.49. The van der Waals surface area contributed by atoms with Crippen LogP contribution in [-0.4, -0.2) is 43.6 Å². The number of benzene rings is 1. The Labute approximate surface area is 143 Å². The predicted molar refractivity (Wildman–Crippen MR) is 93.0 cm³/mol. The third-order valence-electron chi connectivity index (χ3n) is 4.23. The number of nitrogens with one attached hydrogen (secondary N) is 2. The van der Waals surface area contributed by atoms with Crippen molar-refractivity contribution in [2.24, 2.45) is 0 Å². The Morgan fingerprint density at radius 3 is 2.67 bits per heavy atom. The number of methoxy groups -OCH3 is 1. The summed E-state index contributed by atoms with van der Waals surface area (Å²) in [4.78, 5) is 25.7. The summed E-state index contributed by atoms with van der Waals surface area (Å²) in [6.45, 7) is 2.74. The first kappa shape index (κ1) is 18.3. The van der Waals surface area contributed by atoms with Gasteiger partial charge in [0.15, 0.2) is 0 Å². The Morgan fingerprint density at radius 1 is 1.29 bits per heavy atom. The van der Waals surface area contributed by atoms with E-state index in [0.29, 0.717) is 6.54 Å². The molecule has 2 N–H and O–H groups in total. The van der Waals surface area contributed by atoms with E-state index in [0.717, 1.165) is 42.6 Å². The third kappa shape index (κ3) is 5.53. The van der Waals surface area contributed by atoms with E-state index in [1.165, 1.54) is 0 Å². The van der Waals surface area contributed by atoms with Gasteiger partial charge in [0.05, 0.1) is 13.7 Å². The molecule has 132 valence electrons. The van der Waals surface area contributed by atoms with E-state index in [2.05, 4.69) is 10.6 Å². The minimum absolute atomic E-state index is 0.148. The van der Waals surface area contributed by atoms with E-state index in [4.69, 9.17) is 4.74 Å². The number of ether oxygens (including phenoxy) is 1. The third-order valence-corrected chi connectivity index (χ3v) is 4.23. The molecule has 24 heavy (non-hydrogen) atoms. The Hall–Kier alpha value is -2.08. The standard InChI is InChI=1S/C18H27N3O3/c1-13-8-9-16(24-3)14(10-13)11-21(2)12-17(22)20-18(23)19-15-6-4-5-7-15/h8-10,15H,4-7,11-12H2,1-3H3,(H2,19,20,22,23). The first-order valence-electron chi connectivity index (χ1n) is 8.40. The van der Waals surface area contributed by atoms with E-state index >= 15 is 0 Å². The van der Waals surface area contributed by atoms with Gasteiger partial charge >= 0.3 is 6.03 Å². The Bertz CT molecular complexity index is 583. The number of hydrogen-bond donors (Lipinski definition) is 2. The SMILES string of the molecule is COc1ccc(C)cc1CN(C)CC(=O)NC(=O)NC1CCCC1. The van der Waals surface area contributed by atoms with E-state index in [1.807, 2.05) is 37.1 Å². The summed E-state index contributed by atoms with van der Waals surface area (Å²) < 4.78 is 5.35. The zero-order valence-electron chi connectivity index (χ0n) is 14.7. The summed E-state index contributed by atoms with van der Waals surface area (Å²) in [7, 11) is 3.48. The van der Waals surface area contributed by atoms with Crippen LogP contribution in [0.4, 0.5) is 4.79 Å². The molecule has 3 amide bonds. The average molecular weight is 333 g/mol. The number of hydrogen-bond acceptors (Lipinski definition) is 4. The number of urea groups is 1. The number of nitrogens with zero attached hydrogens (tertiary/aromatic N) is 1. The van der Waals surface area contributed by atoms with Crippen LogP contribution in [0.3, 0.4) is 0 Å². The molecule has 0 heterocycles. The molecule has 2 rings (SSSR count). The lowest BCUT2D eigenvalue weighted by molar-refractivity contribution is -0.121. The molecule has 0 atom stereocenters. The smallest absolute Gasteiger partial charge is 0.321 e. The van der Waals surface area contributed by atoms with Gasteiger partial charge in [0.25, 0.3) is 0 Å². The van der Waals surface area contributed by atoms with Crippen LogP contribution in [0.15, 0.2) is 18.2 Å². The average Bonchev–Trinajstić information content (AvgIpc) is 2.99. The fourth-order valence-electron chi connectivity index (χ4n) is 3.08. The molecule has 0 unspecified atom stereocenters. The fraction of sp³-hybridized carbons (Fsp3) is 0.556. The highest BCUT2D eigenvalue weighted by Crippen LogP contribution is 2.21. The van der Waals surface area contributed by atoms with Crippen molar-refractivity contribution < 1.29 is 14.3 Å². The van der Waals surface area contributed by atoms with Gasteiger partial charge in [-0.25, -0.2) is 4.79 Å². The van der Waals surface area contributed by atoms with Crippen LogP contribution < -0.4 is 15.4 Å². The molecular formula is C18H27N3O3. The van der Waals surface area contributed by atoms with E-state index in [1.54, 1.807) is 7.11 Å². The summed E-state index contributed by atoms with van der Waals surface area (Å²) in [6, 6.07) is 5.76. The van der Waals surface area contributed by atoms with Gasteiger partial charge in [-0.3, -0.25) is 15.0 Å². The number of carbonyl (C=O) groups excluding carboxylic acids is 2. The van der Waals surface area contributed by atoms with Crippen LogP contribution in [0, 0.1) is 6.92 Å². The molecule has 6 nitrogen and oxygen atoms in total. The van der Waals surface area contributed by atoms with Crippen molar-refractivity contribution in [3.63, 3.8) is 0 Å². The highest BCUT2D eigenvalue weighted by atomic mass is 16.5. The predicted octanol–water partition coefficient (Wildman–Crippen LogP) is 2.20. The summed E-state index contributed by atoms with van der Waals surface area (Å²) in [5.41, 5.74) is 2.16. The lowest BCUT2D eigenvalue weighted by Crippen LogP contribution is -2.46. The summed E-state index contributed by atoms with van der Waals surface area (Å²) in [6.07, 6.45) is 4.27. The molecule has 1 aromatic carbocycles. The van der Waals surface area contributed by atoms with Gasteiger partial charge in [-0.05, 0) is 32.9 Å². The number of rotatable bonds is 6. The summed E-state index contributed by atoms with van der Waals surface area (Å²) in [5.74, 6) is 0.492. The van der Waals surface area contributed by atoms with E-state index in [-0.39, 0.29) is 18.5 Å². The Kier molecular flexibility index (Phi) is 6.61. The van der Waals surface area contributed by atoms with Gasteiger partial charge in [-0.15, -0.1) is 0 Å². The van der Waals surface area contributed by atoms with E-state index < -0.39 is 6.03 Å². The van der Waals surface area contributed by atoms with Gasteiger partial charge in [0.1, 0.15) is 5.75 Å². The zero-order chi connectivity index (χ0) is 17.5. The van der Waals surface area contributed by atoms with Crippen LogP contribution in [-0.2, 0) is 11.3 Å². The number of carbonyl (C=O) groups is 2. The first-order valence-corrected chi connectivity index (χ1v) is 8.40. The Balaban J connectivity index is 1.80. The Morgan fingerprint density at radius 2 is 2.00 bits per heavy atom. The highest BCUT2D eigenvalue weighted by Gasteiger charge is 2.18. The number of imide groups is 1. The second kappa shape index (κ2) is 8.68. The van der Waals surface area contributed by atoms with Crippen LogP contribution in [0.25, 0.3) is 0 Å². The molecule has 1 aliphatic carbocycles. The van der Waals surface area contributed by atoms with Crippen molar-refractivity contribution >= 4 is 11.9 Å². The van der Waals surface area contributed by atoms with Crippen LogP contribution in [0.1, 0.15) is 36.8 Å². The molecule has 6 heteroatoms. The molecule has 0 saturated heterocycles. The van der Waals surface area contributed by atoms with Crippen molar-refractivity contribution in [1.82, 2.24) is 15.5 Å². The fourth-order valence-corrected chi connectivity index (χ4v) is 3.08. The normalized spacial score (nSPS) is 14.7. The molecule has 1 saturated carbocycles. The van der Waals surface area contributed by atoms with Gasteiger partial charge < -0.3 is 10.1 Å². The summed E-state index contributed by atoms with van der Waals surface area (Å²) in [5, 5.41) is 5.25. The molecule has 0 bridgehead atoms. The molecule has 1 aromatic rings. The topological polar surface area (TPSA) is 70.7 Å². The lowest BCUT2D eigenvalue weighted by atomic mass is 10.1. The van der Waals surface area contributed by atoms with Crippen LogP contribution in [0.2, 0.25) is 0 Å². The van der Waals surface area contributed by atoms with Crippen molar-refractivity contribution in [2.75, 3.05) is 20.7 Å². The zero-order valence-corrected chi connectivity index (χ0v) is 14.7. The van der Waals surface area contributed by atoms with Crippen LogP contribution >= 0.6 is 0 Å². The molecule has 0 spiro atoms. The highest BCUT2D eigenvalue weighted by molar-refractivity contribution is 5.95.